The maximum atomic E-state index is 13.6. The summed E-state index contributed by atoms with van der Waals surface area (Å²) in [6.45, 7) is 0. The van der Waals surface area contributed by atoms with Gasteiger partial charge in [-0.1, -0.05) is 0 Å². The SMILES string of the molecule is Nc1ccc(OC2CC3CCC(C2)N3)c(F)c1. The highest BCUT2D eigenvalue weighted by Crippen LogP contribution is 2.30. The van der Waals surface area contributed by atoms with Crippen molar-refractivity contribution in [3.8, 4) is 5.75 Å². The molecule has 0 radical (unpaired) electrons. The molecule has 2 fully saturated rings. The third-order valence-corrected chi connectivity index (χ3v) is 3.68. The van der Waals surface area contributed by atoms with E-state index in [2.05, 4.69) is 5.32 Å². The van der Waals surface area contributed by atoms with Crippen LogP contribution in [0.25, 0.3) is 0 Å². The quantitative estimate of drug-likeness (QED) is 0.773. The molecule has 3 rings (SSSR count). The van der Waals surface area contributed by atoms with Gasteiger partial charge in [0.05, 0.1) is 0 Å². The van der Waals surface area contributed by atoms with Crippen LogP contribution in [-0.4, -0.2) is 18.2 Å². The van der Waals surface area contributed by atoms with Gasteiger partial charge < -0.3 is 15.8 Å². The van der Waals surface area contributed by atoms with Gasteiger partial charge in [0.2, 0.25) is 0 Å². The van der Waals surface area contributed by atoms with E-state index in [0.717, 1.165) is 12.8 Å². The van der Waals surface area contributed by atoms with E-state index in [9.17, 15) is 4.39 Å². The molecule has 92 valence electrons. The number of rotatable bonds is 2. The van der Waals surface area contributed by atoms with Gasteiger partial charge in [0.25, 0.3) is 0 Å². The van der Waals surface area contributed by atoms with Crippen molar-refractivity contribution in [2.75, 3.05) is 5.73 Å². The number of fused-ring (bicyclic) bond motifs is 2. The Kier molecular flexibility index (Phi) is 2.67. The van der Waals surface area contributed by atoms with E-state index in [-0.39, 0.29) is 11.9 Å². The average Bonchev–Trinajstić information content (AvgIpc) is 2.62. The molecular formula is C13H17FN2O. The second kappa shape index (κ2) is 4.18. The fraction of sp³-hybridized carbons (Fsp3) is 0.538. The Morgan fingerprint density at radius 2 is 1.94 bits per heavy atom. The zero-order valence-corrected chi connectivity index (χ0v) is 9.66. The number of piperidine rings is 1. The van der Waals surface area contributed by atoms with Crippen molar-refractivity contribution in [2.45, 2.75) is 43.9 Å². The smallest absolute Gasteiger partial charge is 0.167 e. The molecule has 3 nitrogen and oxygen atoms in total. The maximum Gasteiger partial charge on any atom is 0.167 e. The molecule has 0 amide bonds. The van der Waals surface area contributed by atoms with E-state index in [1.807, 2.05) is 0 Å². The lowest BCUT2D eigenvalue weighted by Crippen LogP contribution is -2.42. The topological polar surface area (TPSA) is 47.3 Å². The molecule has 0 spiro atoms. The lowest BCUT2D eigenvalue weighted by Gasteiger charge is -2.29. The molecule has 1 aromatic rings. The van der Waals surface area contributed by atoms with Crippen molar-refractivity contribution in [2.24, 2.45) is 0 Å². The third-order valence-electron chi connectivity index (χ3n) is 3.68. The second-order valence-electron chi connectivity index (χ2n) is 5.04. The predicted octanol–water partition coefficient (Wildman–Crippen LogP) is 2.07. The number of hydrogen-bond donors (Lipinski definition) is 2. The molecule has 1 aromatic carbocycles. The highest BCUT2D eigenvalue weighted by Gasteiger charge is 2.34. The van der Waals surface area contributed by atoms with E-state index in [1.165, 1.54) is 18.9 Å². The van der Waals surface area contributed by atoms with Crippen molar-refractivity contribution in [3.63, 3.8) is 0 Å². The van der Waals surface area contributed by atoms with Crippen LogP contribution >= 0.6 is 0 Å². The Morgan fingerprint density at radius 3 is 2.59 bits per heavy atom. The maximum absolute atomic E-state index is 13.6. The van der Waals surface area contributed by atoms with E-state index in [1.54, 1.807) is 12.1 Å². The van der Waals surface area contributed by atoms with Crippen LogP contribution < -0.4 is 15.8 Å². The van der Waals surface area contributed by atoms with Gasteiger partial charge in [-0.2, -0.15) is 0 Å². The van der Waals surface area contributed by atoms with Gasteiger partial charge in [-0.05, 0) is 37.8 Å². The Labute approximate surface area is 100 Å². The fourth-order valence-electron chi connectivity index (χ4n) is 2.89. The normalized spacial score (nSPS) is 31.5. The molecule has 0 saturated carbocycles. The zero-order chi connectivity index (χ0) is 11.8. The summed E-state index contributed by atoms with van der Waals surface area (Å²) >= 11 is 0. The minimum atomic E-state index is -0.365. The number of anilines is 1. The highest BCUT2D eigenvalue weighted by atomic mass is 19.1. The van der Waals surface area contributed by atoms with Crippen LogP contribution in [0, 0.1) is 5.82 Å². The fourth-order valence-corrected chi connectivity index (χ4v) is 2.89. The Balaban J connectivity index is 1.70. The van der Waals surface area contributed by atoms with Gasteiger partial charge in [0.15, 0.2) is 11.6 Å². The summed E-state index contributed by atoms with van der Waals surface area (Å²) in [6, 6.07) is 5.71. The lowest BCUT2D eigenvalue weighted by molar-refractivity contribution is 0.132. The van der Waals surface area contributed by atoms with Crippen molar-refractivity contribution in [3.05, 3.63) is 24.0 Å². The highest BCUT2D eigenvalue weighted by molar-refractivity contribution is 5.42. The summed E-state index contributed by atoms with van der Waals surface area (Å²) in [4.78, 5) is 0. The molecule has 17 heavy (non-hydrogen) atoms. The Hall–Kier alpha value is -1.29. The number of nitrogen functional groups attached to an aromatic ring is 1. The molecule has 2 atom stereocenters. The zero-order valence-electron chi connectivity index (χ0n) is 9.66. The van der Waals surface area contributed by atoms with Gasteiger partial charge in [-0.3, -0.25) is 0 Å². The predicted molar refractivity (Wildman–Crippen MR) is 64.4 cm³/mol. The van der Waals surface area contributed by atoms with E-state index in [0.29, 0.717) is 23.5 Å². The van der Waals surface area contributed by atoms with Crippen LogP contribution in [0.2, 0.25) is 0 Å². The molecule has 2 aliphatic heterocycles. The number of nitrogens with two attached hydrogens (primary N) is 1. The van der Waals surface area contributed by atoms with Crippen LogP contribution in [0.3, 0.4) is 0 Å². The summed E-state index contributed by atoms with van der Waals surface area (Å²) in [5, 5.41) is 3.54. The van der Waals surface area contributed by atoms with Gasteiger partial charge in [0.1, 0.15) is 6.10 Å². The summed E-state index contributed by atoms with van der Waals surface area (Å²) in [5.41, 5.74) is 5.94. The number of nitrogens with one attached hydrogen (secondary N) is 1. The lowest BCUT2D eigenvalue weighted by atomic mass is 10.0. The Morgan fingerprint density at radius 1 is 1.24 bits per heavy atom. The molecular weight excluding hydrogens is 219 g/mol. The Bertz CT molecular complexity index is 412. The molecule has 0 aromatic heterocycles. The number of benzene rings is 1. The summed E-state index contributed by atoms with van der Waals surface area (Å²) in [5.74, 6) is -0.0404. The van der Waals surface area contributed by atoms with E-state index in [4.69, 9.17) is 10.5 Å². The van der Waals surface area contributed by atoms with Crippen LogP contribution in [0.1, 0.15) is 25.7 Å². The minimum Gasteiger partial charge on any atom is -0.487 e. The summed E-state index contributed by atoms with van der Waals surface area (Å²) in [6.07, 6.45) is 4.51. The number of hydrogen-bond acceptors (Lipinski definition) is 3. The van der Waals surface area contributed by atoms with Crippen LogP contribution in [0.4, 0.5) is 10.1 Å². The molecule has 2 saturated heterocycles. The van der Waals surface area contributed by atoms with Crippen LogP contribution in [-0.2, 0) is 0 Å². The summed E-state index contributed by atoms with van der Waals surface area (Å²) in [7, 11) is 0. The molecule has 2 heterocycles. The standard InChI is InChI=1S/C13H17FN2O/c14-12-5-8(15)1-4-13(12)17-11-6-9-2-3-10(7-11)16-9/h1,4-5,9-11,16H,2-3,6-7,15H2. The average molecular weight is 236 g/mol. The van der Waals surface area contributed by atoms with Gasteiger partial charge in [-0.15, -0.1) is 0 Å². The van der Waals surface area contributed by atoms with Crippen molar-refractivity contribution in [1.29, 1.82) is 0 Å². The van der Waals surface area contributed by atoms with E-state index >= 15 is 0 Å². The van der Waals surface area contributed by atoms with Gasteiger partial charge >= 0.3 is 0 Å². The van der Waals surface area contributed by atoms with Crippen molar-refractivity contribution in [1.82, 2.24) is 5.32 Å². The molecule has 2 bridgehead atoms. The number of halogens is 1. The van der Waals surface area contributed by atoms with Crippen LogP contribution in [0.5, 0.6) is 5.75 Å². The molecule has 4 heteroatoms. The summed E-state index contributed by atoms with van der Waals surface area (Å²) < 4.78 is 19.3. The van der Waals surface area contributed by atoms with Gasteiger partial charge in [0, 0.05) is 23.8 Å². The largest absolute Gasteiger partial charge is 0.487 e. The third kappa shape index (κ3) is 2.22. The molecule has 2 unspecified atom stereocenters. The van der Waals surface area contributed by atoms with Crippen LogP contribution in [0.15, 0.2) is 18.2 Å². The minimum absolute atomic E-state index is 0.131. The molecule has 2 aliphatic rings. The van der Waals surface area contributed by atoms with Gasteiger partial charge in [-0.25, -0.2) is 4.39 Å². The first-order valence-corrected chi connectivity index (χ1v) is 6.18. The molecule has 0 aliphatic carbocycles. The molecule has 3 N–H and O–H groups in total. The van der Waals surface area contributed by atoms with Crippen molar-refractivity contribution < 1.29 is 9.13 Å². The van der Waals surface area contributed by atoms with E-state index < -0.39 is 0 Å². The first-order valence-electron chi connectivity index (χ1n) is 6.18. The first kappa shape index (κ1) is 10.8. The first-order chi connectivity index (χ1) is 8.20. The second-order valence-corrected chi connectivity index (χ2v) is 5.04. The monoisotopic (exact) mass is 236 g/mol. The number of ether oxygens (including phenoxy) is 1. The van der Waals surface area contributed by atoms with Crippen molar-refractivity contribution >= 4 is 5.69 Å².